The molecule has 27 heavy (non-hydrogen) atoms. The number of hydrogen-bond donors (Lipinski definition) is 3. The largest absolute Gasteiger partial charge is 0.481 e. The highest BCUT2D eigenvalue weighted by Gasteiger charge is 2.30. The van der Waals surface area contributed by atoms with Crippen LogP contribution in [0.5, 0.6) is 0 Å². The van der Waals surface area contributed by atoms with Crippen LogP contribution in [0.3, 0.4) is 0 Å². The minimum absolute atomic E-state index is 0.0165. The number of rotatable bonds is 8. The third kappa shape index (κ3) is 6.37. The number of hydrogen-bond acceptors (Lipinski definition) is 3. The summed E-state index contributed by atoms with van der Waals surface area (Å²) in [4.78, 5) is 11.5. The zero-order valence-electron chi connectivity index (χ0n) is 14.6. The Morgan fingerprint density at radius 1 is 0.963 bits per heavy atom. The number of alkyl halides is 3. The second-order valence-corrected chi connectivity index (χ2v) is 6.59. The Balaban J connectivity index is 1.99. The molecule has 0 amide bonds. The fourth-order valence-corrected chi connectivity index (χ4v) is 2.87. The van der Waals surface area contributed by atoms with Gasteiger partial charge in [-0.05, 0) is 42.5 Å². The lowest BCUT2D eigenvalue weighted by molar-refractivity contribution is -0.143. The normalized spacial score (nSPS) is 15.1. The highest BCUT2D eigenvalue weighted by atomic mass is 19.4. The zero-order valence-corrected chi connectivity index (χ0v) is 14.6. The molecule has 0 radical (unpaired) electrons. The van der Waals surface area contributed by atoms with Gasteiger partial charge in [-0.1, -0.05) is 42.5 Å². The molecule has 0 saturated carbocycles. The van der Waals surface area contributed by atoms with E-state index in [4.69, 9.17) is 5.73 Å². The highest BCUT2D eigenvalue weighted by Crippen LogP contribution is 2.29. The average molecular weight is 381 g/mol. The number of aliphatic hydroxyl groups is 1. The Labute approximate surface area is 155 Å². The molecule has 0 bridgehead atoms. The number of nitrogens with two attached hydrogens (primary N) is 1. The summed E-state index contributed by atoms with van der Waals surface area (Å²) in [6, 6.07) is 13.0. The van der Waals surface area contributed by atoms with Crippen molar-refractivity contribution < 1.29 is 28.2 Å². The van der Waals surface area contributed by atoms with Gasteiger partial charge < -0.3 is 15.9 Å². The molecule has 0 aliphatic heterocycles. The Bertz CT molecular complexity index is 732. The van der Waals surface area contributed by atoms with Crippen LogP contribution < -0.4 is 5.73 Å². The molecule has 0 aliphatic carbocycles. The topological polar surface area (TPSA) is 83.5 Å². The van der Waals surface area contributed by atoms with E-state index in [1.165, 1.54) is 12.1 Å². The number of aliphatic carboxylic acids is 1. The van der Waals surface area contributed by atoms with E-state index in [2.05, 4.69) is 0 Å². The molecule has 0 spiro atoms. The van der Waals surface area contributed by atoms with E-state index in [-0.39, 0.29) is 12.8 Å². The second-order valence-electron chi connectivity index (χ2n) is 6.59. The quantitative estimate of drug-likeness (QED) is 0.655. The number of carbonyl (C=O) groups is 1. The molecular weight excluding hydrogens is 359 g/mol. The van der Waals surface area contributed by atoms with Crippen molar-refractivity contribution in [1.29, 1.82) is 0 Å². The highest BCUT2D eigenvalue weighted by molar-refractivity contribution is 5.70. The molecule has 2 aromatic carbocycles. The summed E-state index contributed by atoms with van der Waals surface area (Å²) in [7, 11) is 0. The Morgan fingerprint density at radius 2 is 1.52 bits per heavy atom. The third-order valence-electron chi connectivity index (χ3n) is 4.45. The minimum atomic E-state index is -4.44. The number of benzene rings is 2. The van der Waals surface area contributed by atoms with Gasteiger partial charge in [0.1, 0.15) is 0 Å². The first-order valence-corrected chi connectivity index (χ1v) is 8.53. The number of halogens is 3. The number of carboxylic acids is 1. The maximum absolute atomic E-state index is 12.6. The van der Waals surface area contributed by atoms with Crippen LogP contribution in [0.4, 0.5) is 13.2 Å². The first-order valence-electron chi connectivity index (χ1n) is 8.53. The maximum atomic E-state index is 12.6. The lowest BCUT2D eigenvalue weighted by Gasteiger charge is -2.22. The summed E-state index contributed by atoms with van der Waals surface area (Å²) >= 11 is 0. The molecule has 146 valence electrons. The van der Waals surface area contributed by atoms with E-state index in [0.717, 1.165) is 17.7 Å². The summed E-state index contributed by atoms with van der Waals surface area (Å²) in [5.74, 6) is -2.07. The van der Waals surface area contributed by atoms with Gasteiger partial charge in [0.05, 0.1) is 17.6 Å². The Hall–Kier alpha value is -2.38. The van der Waals surface area contributed by atoms with Crippen molar-refractivity contribution in [2.75, 3.05) is 0 Å². The molecule has 0 unspecified atom stereocenters. The molecule has 2 aromatic rings. The lowest BCUT2D eigenvalue weighted by Crippen LogP contribution is -2.39. The van der Waals surface area contributed by atoms with Crippen molar-refractivity contribution in [1.82, 2.24) is 0 Å². The van der Waals surface area contributed by atoms with Gasteiger partial charge in [-0.25, -0.2) is 0 Å². The smallest absolute Gasteiger partial charge is 0.416 e. The summed E-state index contributed by atoms with van der Waals surface area (Å²) in [5.41, 5.74) is 6.59. The van der Waals surface area contributed by atoms with Crippen LogP contribution in [0.15, 0.2) is 54.6 Å². The minimum Gasteiger partial charge on any atom is -0.481 e. The molecule has 0 saturated heterocycles. The van der Waals surface area contributed by atoms with E-state index in [0.29, 0.717) is 12.0 Å². The number of carboxylic acid groups (broad SMARTS) is 1. The van der Waals surface area contributed by atoms with Crippen molar-refractivity contribution in [2.45, 2.75) is 37.6 Å². The summed E-state index contributed by atoms with van der Waals surface area (Å²) in [5, 5.41) is 19.7. The molecule has 2 rings (SSSR count). The van der Waals surface area contributed by atoms with Gasteiger partial charge in [-0.2, -0.15) is 13.2 Å². The van der Waals surface area contributed by atoms with Gasteiger partial charge in [0.2, 0.25) is 0 Å². The second kappa shape index (κ2) is 9.01. The van der Waals surface area contributed by atoms with Gasteiger partial charge in [0.25, 0.3) is 0 Å². The van der Waals surface area contributed by atoms with Crippen LogP contribution in [-0.2, 0) is 23.8 Å². The van der Waals surface area contributed by atoms with Crippen molar-refractivity contribution in [3.63, 3.8) is 0 Å². The Kier molecular flexibility index (Phi) is 6.98. The molecule has 7 heteroatoms. The Morgan fingerprint density at radius 3 is 2.04 bits per heavy atom. The molecule has 4 nitrogen and oxygen atoms in total. The van der Waals surface area contributed by atoms with Crippen molar-refractivity contribution in [2.24, 2.45) is 11.7 Å². The van der Waals surface area contributed by atoms with E-state index >= 15 is 0 Å². The van der Waals surface area contributed by atoms with Gasteiger partial charge in [0, 0.05) is 6.04 Å². The third-order valence-corrected chi connectivity index (χ3v) is 4.45. The molecule has 0 fully saturated rings. The molecule has 0 aromatic heterocycles. The van der Waals surface area contributed by atoms with E-state index < -0.39 is 35.8 Å². The van der Waals surface area contributed by atoms with Gasteiger partial charge in [-0.3, -0.25) is 4.79 Å². The van der Waals surface area contributed by atoms with Crippen LogP contribution in [0.25, 0.3) is 0 Å². The fraction of sp³-hybridized carbons (Fsp3) is 0.350. The fourth-order valence-electron chi connectivity index (χ4n) is 2.87. The lowest BCUT2D eigenvalue weighted by atomic mass is 9.89. The van der Waals surface area contributed by atoms with Gasteiger partial charge >= 0.3 is 12.1 Å². The molecule has 0 aliphatic rings. The average Bonchev–Trinajstić information content (AvgIpc) is 2.61. The maximum Gasteiger partial charge on any atom is 0.416 e. The molecule has 3 atom stereocenters. The van der Waals surface area contributed by atoms with Crippen LogP contribution in [0.2, 0.25) is 0 Å². The number of aliphatic hydroxyl groups excluding tert-OH is 1. The molecule has 0 heterocycles. The van der Waals surface area contributed by atoms with Crippen LogP contribution >= 0.6 is 0 Å². The summed E-state index contributed by atoms with van der Waals surface area (Å²) in [6.07, 6.45) is -5.15. The van der Waals surface area contributed by atoms with Gasteiger partial charge in [-0.15, -0.1) is 0 Å². The predicted molar refractivity (Wildman–Crippen MR) is 95.0 cm³/mol. The standard InChI is InChI=1S/C20H22F3NO3/c21-20(22,23)16-8-6-14(7-9-16)10-15(19(26)27)12-18(25)17(24)11-13-4-2-1-3-5-13/h1-9,15,17-18,25H,10-12,24H2,(H,26,27)/t15-,17+,18+/m1/s1. The van der Waals surface area contributed by atoms with E-state index in [1.54, 1.807) is 0 Å². The zero-order chi connectivity index (χ0) is 20.0. The van der Waals surface area contributed by atoms with Crippen molar-refractivity contribution in [3.8, 4) is 0 Å². The van der Waals surface area contributed by atoms with Crippen LogP contribution in [-0.4, -0.2) is 28.3 Å². The van der Waals surface area contributed by atoms with Crippen LogP contribution in [0.1, 0.15) is 23.1 Å². The van der Waals surface area contributed by atoms with E-state index in [9.17, 15) is 28.2 Å². The molecule has 4 N–H and O–H groups in total. The predicted octanol–water partition coefficient (Wildman–Crippen LogP) is 3.27. The molecular formula is C20H22F3NO3. The SMILES string of the molecule is N[C@@H](Cc1ccccc1)[C@@H](O)C[C@@H](Cc1ccc(C(F)(F)F)cc1)C(=O)O. The monoisotopic (exact) mass is 381 g/mol. The van der Waals surface area contributed by atoms with Crippen molar-refractivity contribution in [3.05, 3.63) is 71.3 Å². The van der Waals surface area contributed by atoms with E-state index in [1.807, 2.05) is 30.3 Å². The first kappa shape index (κ1) is 20.9. The summed E-state index contributed by atoms with van der Waals surface area (Å²) in [6.45, 7) is 0. The summed E-state index contributed by atoms with van der Waals surface area (Å²) < 4.78 is 37.8. The van der Waals surface area contributed by atoms with Crippen molar-refractivity contribution >= 4 is 5.97 Å². The van der Waals surface area contributed by atoms with Crippen LogP contribution in [0, 0.1) is 5.92 Å². The van der Waals surface area contributed by atoms with Gasteiger partial charge in [0.15, 0.2) is 0 Å². The first-order chi connectivity index (χ1) is 12.7.